The van der Waals surface area contributed by atoms with Gasteiger partial charge in [-0.15, -0.1) is 0 Å². The summed E-state index contributed by atoms with van der Waals surface area (Å²) in [4.78, 5) is 4.30. The van der Waals surface area contributed by atoms with Crippen LogP contribution in [0.4, 0.5) is 5.69 Å². The Morgan fingerprint density at radius 3 is 2.65 bits per heavy atom. The number of nitrogens with one attached hydrogen (secondary N) is 2. The van der Waals surface area contributed by atoms with Gasteiger partial charge in [0.2, 0.25) is 0 Å². The molecule has 1 aliphatic heterocycles. The molecule has 3 heteroatoms. The van der Waals surface area contributed by atoms with Crippen LogP contribution in [0.5, 0.6) is 0 Å². The largest absolute Gasteiger partial charge is 0.381 e. The van der Waals surface area contributed by atoms with Crippen LogP contribution in [0.15, 0.2) is 79.1 Å². The Bertz CT molecular complexity index is 932. The molecule has 0 aliphatic carbocycles. The molecule has 2 N–H and O–H groups in total. The highest BCUT2D eigenvalue weighted by Gasteiger charge is 2.30. The van der Waals surface area contributed by atoms with Crippen molar-refractivity contribution in [2.24, 2.45) is 0 Å². The van der Waals surface area contributed by atoms with Crippen LogP contribution in [0.1, 0.15) is 29.2 Å². The lowest BCUT2D eigenvalue weighted by molar-refractivity contribution is 0.673. The fourth-order valence-electron chi connectivity index (χ4n) is 3.44. The van der Waals surface area contributed by atoms with Gasteiger partial charge in [-0.3, -0.25) is 4.98 Å². The van der Waals surface area contributed by atoms with Gasteiger partial charge in [0, 0.05) is 35.9 Å². The summed E-state index contributed by atoms with van der Waals surface area (Å²) in [5.74, 6) is 0. The van der Waals surface area contributed by atoms with E-state index in [0.717, 1.165) is 23.5 Å². The van der Waals surface area contributed by atoms with Crippen LogP contribution in [0.3, 0.4) is 0 Å². The minimum absolute atomic E-state index is 0.310. The predicted molar refractivity (Wildman–Crippen MR) is 108 cm³/mol. The van der Waals surface area contributed by atoms with Gasteiger partial charge in [-0.2, -0.15) is 0 Å². The summed E-state index contributed by atoms with van der Waals surface area (Å²) >= 11 is 0. The van der Waals surface area contributed by atoms with E-state index in [1.54, 1.807) is 0 Å². The average molecular weight is 341 g/mol. The van der Waals surface area contributed by atoms with E-state index in [2.05, 4.69) is 84.1 Å². The minimum Gasteiger partial charge on any atom is -0.381 e. The van der Waals surface area contributed by atoms with Crippen molar-refractivity contribution in [2.45, 2.75) is 25.9 Å². The minimum atomic E-state index is -0.310. The molecule has 3 nitrogen and oxygen atoms in total. The second-order valence-electron chi connectivity index (χ2n) is 7.02. The Labute approximate surface area is 154 Å². The molecule has 0 fully saturated rings. The predicted octanol–water partition coefficient (Wildman–Crippen LogP) is 4.86. The number of aromatic nitrogens is 1. The zero-order valence-corrected chi connectivity index (χ0v) is 15.2. The van der Waals surface area contributed by atoms with Gasteiger partial charge < -0.3 is 10.6 Å². The van der Waals surface area contributed by atoms with Crippen molar-refractivity contribution < 1.29 is 0 Å². The van der Waals surface area contributed by atoms with Gasteiger partial charge in [-0.25, -0.2) is 0 Å². The van der Waals surface area contributed by atoms with Crippen molar-refractivity contribution in [3.05, 3.63) is 101 Å². The van der Waals surface area contributed by atoms with Crippen molar-refractivity contribution in [3.8, 4) is 0 Å². The standard InChI is InChI=1S/C23H23N3/c1-17-10-11-21-20(13-17)22(25-15-18-7-4-3-5-8-18)14-23(2,26-21)19-9-6-12-24-16-19/h3-14,16,25-26H,15H2,1-2H3. The van der Waals surface area contributed by atoms with Gasteiger partial charge in [0.1, 0.15) is 0 Å². The maximum atomic E-state index is 4.30. The van der Waals surface area contributed by atoms with E-state index in [1.807, 2.05) is 24.5 Å². The van der Waals surface area contributed by atoms with Gasteiger partial charge in [-0.1, -0.05) is 48.0 Å². The molecular weight excluding hydrogens is 318 g/mol. The SMILES string of the molecule is Cc1ccc2c(c1)C(NCc1ccccc1)=CC(C)(c1cccnc1)N2. The molecule has 0 spiro atoms. The van der Waals surface area contributed by atoms with Crippen LogP contribution < -0.4 is 10.6 Å². The van der Waals surface area contributed by atoms with Crippen molar-refractivity contribution >= 4 is 11.4 Å². The normalized spacial score (nSPS) is 18.5. The van der Waals surface area contributed by atoms with Gasteiger partial charge in [0.15, 0.2) is 0 Å². The van der Waals surface area contributed by atoms with Crippen LogP contribution in [0.25, 0.3) is 5.70 Å². The molecule has 1 aliphatic rings. The summed E-state index contributed by atoms with van der Waals surface area (Å²) in [7, 11) is 0. The van der Waals surface area contributed by atoms with Crippen LogP contribution in [0.2, 0.25) is 0 Å². The van der Waals surface area contributed by atoms with Gasteiger partial charge >= 0.3 is 0 Å². The molecule has 0 saturated heterocycles. The van der Waals surface area contributed by atoms with E-state index in [0.29, 0.717) is 0 Å². The molecule has 1 atom stereocenters. The monoisotopic (exact) mass is 341 g/mol. The number of nitrogens with zero attached hydrogens (tertiary/aromatic N) is 1. The molecule has 26 heavy (non-hydrogen) atoms. The Kier molecular flexibility index (Phi) is 4.21. The quantitative estimate of drug-likeness (QED) is 0.711. The fraction of sp³-hybridized carbons (Fsp3) is 0.174. The second-order valence-corrected chi connectivity index (χ2v) is 7.02. The van der Waals surface area contributed by atoms with Crippen molar-refractivity contribution in [2.75, 3.05) is 5.32 Å². The second kappa shape index (κ2) is 6.68. The molecule has 0 saturated carbocycles. The number of benzene rings is 2. The third-order valence-corrected chi connectivity index (χ3v) is 4.88. The van der Waals surface area contributed by atoms with Crippen LogP contribution >= 0.6 is 0 Å². The van der Waals surface area contributed by atoms with Crippen molar-refractivity contribution in [1.82, 2.24) is 10.3 Å². The maximum absolute atomic E-state index is 4.30. The van der Waals surface area contributed by atoms with Crippen molar-refractivity contribution in [1.29, 1.82) is 0 Å². The van der Waals surface area contributed by atoms with E-state index >= 15 is 0 Å². The molecule has 0 radical (unpaired) electrons. The molecule has 3 aromatic rings. The number of hydrogen-bond acceptors (Lipinski definition) is 3. The Morgan fingerprint density at radius 2 is 1.88 bits per heavy atom. The summed E-state index contributed by atoms with van der Waals surface area (Å²) in [5, 5.41) is 7.34. The Hall–Kier alpha value is -3.07. The van der Waals surface area contributed by atoms with E-state index < -0.39 is 0 Å². The highest BCUT2D eigenvalue weighted by atomic mass is 15.0. The lowest BCUT2D eigenvalue weighted by Crippen LogP contribution is -2.35. The van der Waals surface area contributed by atoms with Gasteiger partial charge in [0.25, 0.3) is 0 Å². The summed E-state index contributed by atoms with van der Waals surface area (Å²) in [6.45, 7) is 5.12. The molecule has 1 aromatic heterocycles. The van der Waals surface area contributed by atoms with Gasteiger partial charge in [-0.05, 0) is 49.2 Å². The molecular formula is C23H23N3. The first-order valence-electron chi connectivity index (χ1n) is 8.94. The summed E-state index contributed by atoms with van der Waals surface area (Å²) in [5.41, 5.74) is 6.85. The first-order chi connectivity index (χ1) is 12.6. The average Bonchev–Trinajstić information content (AvgIpc) is 2.68. The highest BCUT2D eigenvalue weighted by Crippen LogP contribution is 2.38. The maximum Gasteiger partial charge on any atom is 0.0819 e. The Balaban J connectivity index is 1.73. The zero-order chi connectivity index (χ0) is 18.0. The van der Waals surface area contributed by atoms with E-state index in [9.17, 15) is 0 Å². The number of rotatable bonds is 4. The Morgan fingerprint density at radius 1 is 1.04 bits per heavy atom. The van der Waals surface area contributed by atoms with Crippen LogP contribution in [-0.4, -0.2) is 4.98 Å². The first-order valence-corrected chi connectivity index (χ1v) is 8.94. The number of anilines is 1. The number of hydrogen-bond donors (Lipinski definition) is 2. The van der Waals surface area contributed by atoms with E-state index in [1.165, 1.54) is 16.7 Å². The summed E-state index contributed by atoms with van der Waals surface area (Å²) in [6, 6.07) is 21.1. The number of aryl methyl sites for hydroxylation is 1. The molecule has 0 bridgehead atoms. The molecule has 2 heterocycles. The molecule has 1 unspecified atom stereocenters. The highest BCUT2D eigenvalue weighted by molar-refractivity contribution is 5.81. The molecule has 2 aromatic carbocycles. The lowest BCUT2D eigenvalue weighted by atomic mass is 9.86. The number of pyridine rings is 1. The van der Waals surface area contributed by atoms with E-state index in [-0.39, 0.29) is 5.54 Å². The zero-order valence-electron chi connectivity index (χ0n) is 15.2. The molecule has 4 rings (SSSR count). The summed E-state index contributed by atoms with van der Waals surface area (Å²) < 4.78 is 0. The first kappa shape index (κ1) is 16.4. The fourth-order valence-corrected chi connectivity index (χ4v) is 3.44. The number of fused-ring (bicyclic) bond motifs is 1. The van der Waals surface area contributed by atoms with E-state index in [4.69, 9.17) is 0 Å². The molecule has 0 amide bonds. The smallest absolute Gasteiger partial charge is 0.0819 e. The third kappa shape index (κ3) is 3.21. The lowest BCUT2D eigenvalue weighted by Gasteiger charge is -2.36. The summed E-state index contributed by atoms with van der Waals surface area (Å²) in [6.07, 6.45) is 6.01. The third-order valence-electron chi connectivity index (χ3n) is 4.88. The molecule has 130 valence electrons. The topological polar surface area (TPSA) is 37.0 Å². The van der Waals surface area contributed by atoms with Crippen molar-refractivity contribution in [3.63, 3.8) is 0 Å². The van der Waals surface area contributed by atoms with Crippen LogP contribution in [-0.2, 0) is 12.1 Å². The van der Waals surface area contributed by atoms with Crippen LogP contribution in [0, 0.1) is 6.92 Å². The van der Waals surface area contributed by atoms with Gasteiger partial charge in [0.05, 0.1) is 5.54 Å².